The minimum atomic E-state index is -0.930. The fourth-order valence-corrected chi connectivity index (χ4v) is 1.68. The van der Waals surface area contributed by atoms with Crippen molar-refractivity contribution in [2.75, 3.05) is 11.4 Å². The van der Waals surface area contributed by atoms with Crippen LogP contribution in [0.2, 0.25) is 0 Å². The Morgan fingerprint density at radius 1 is 1.37 bits per heavy atom. The number of aromatic nitrogens is 1. The Hall–Kier alpha value is -1.91. The molecule has 5 heteroatoms. The molecule has 19 heavy (non-hydrogen) atoms. The molecule has 0 aromatic carbocycles. The summed E-state index contributed by atoms with van der Waals surface area (Å²) in [5, 5.41) is 8.80. The van der Waals surface area contributed by atoms with E-state index in [4.69, 9.17) is 5.11 Å². The van der Waals surface area contributed by atoms with E-state index in [0.29, 0.717) is 5.82 Å². The number of aryl methyl sites for hydroxylation is 1. The number of amides is 1. The van der Waals surface area contributed by atoms with E-state index in [1.165, 1.54) is 4.90 Å². The predicted octanol–water partition coefficient (Wildman–Crippen LogP) is 2.24. The van der Waals surface area contributed by atoms with Gasteiger partial charge in [-0.25, -0.2) is 4.98 Å². The van der Waals surface area contributed by atoms with Gasteiger partial charge in [0.1, 0.15) is 5.82 Å². The topological polar surface area (TPSA) is 70.5 Å². The number of carbonyl (C=O) groups excluding carboxylic acids is 1. The molecule has 0 atom stereocenters. The smallest absolute Gasteiger partial charge is 0.305 e. The van der Waals surface area contributed by atoms with Crippen LogP contribution in [0.25, 0.3) is 0 Å². The van der Waals surface area contributed by atoms with Crippen LogP contribution in [0.5, 0.6) is 0 Å². The van der Waals surface area contributed by atoms with Crippen molar-refractivity contribution >= 4 is 17.7 Å². The summed E-state index contributed by atoms with van der Waals surface area (Å²) in [5.41, 5.74) is 0.271. The van der Waals surface area contributed by atoms with Gasteiger partial charge in [-0.3, -0.25) is 14.5 Å². The zero-order chi connectivity index (χ0) is 14.6. The van der Waals surface area contributed by atoms with E-state index in [1.54, 1.807) is 33.0 Å². The van der Waals surface area contributed by atoms with Gasteiger partial charge in [-0.15, -0.1) is 0 Å². The highest BCUT2D eigenvalue weighted by atomic mass is 16.4. The van der Waals surface area contributed by atoms with Crippen molar-refractivity contribution in [3.05, 3.63) is 23.9 Å². The highest BCUT2D eigenvalue weighted by Crippen LogP contribution is 2.24. The van der Waals surface area contributed by atoms with E-state index in [0.717, 1.165) is 5.56 Å². The summed E-state index contributed by atoms with van der Waals surface area (Å²) in [5.74, 6) is -0.528. The van der Waals surface area contributed by atoms with Gasteiger partial charge in [0.05, 0.1) is 6.42 Å². The van der Waals surface area contributed by atoms with Gasteiger partial charge < -0.3 is 5.11 Å². The van der Waals surface area contributed by atoms with E-state index >= 15 is 0 Å². The van der Waals surface area contributed by atoms with E-state index < -0.39 is 11.4 Å². The van der Waals surface area contributed by atoms with Crippen molar-refractivity contribution in [2.24, 2.45) is 5.41 Å². The Labute approximate surface area is 113 Å². The molecule has 1 aromatic rings. The lowest BCUT2D eigenvalue weighted by molar-refractivity contribution is -0.136. The maximum Gasteiger partial charge on any atom is 0.305 e. The van der Waals surface area contributed by atoms with E-state index in [2.05, 4.69) is 4.98 Å². The normalized spacial score (nSPS) is 11.2. The Morgan fingerprint density at radius 3 is 2.47 bits per heavy atom. The average Bonchev–Trinajstić information content (AvgIpc) is 2.29. The van der Waals surface area contributed by atoms with Crippen molar-refractivity contribution in [1.82, 2.24) is 4.98 Å². The lowest BCUT2D eigenvalue weighted by Crippen LogP contribution is -2.41. The Balaban J connectivity index is 3.09. The number of aliphatic carboxylic acids is 1. The summed E-state index contributed by atoms with van der Waals surface area (Å²) in [7, 11) is 0. The van der Waals surface area contributed by atoms with Gasteiger partial charge in [-0.1, -0.05) is 26.8 Å². The minimum Gasteiger partial charge on any atom is -0.481 e. The molecule has 5 nitrogen and oxygen atoms in total. The minimum absolute atomic E-state index is 0.0994. The van der Waals surface area contributed by atoms with Gasteiger partial charge >= 0.3 is 5.97 Å². The van der Waals surface area contributed by atoms with Crippen LogP contribution in [0, 0.1) is 12.3 Å². The molecule has 0 radical (unpaired) electrons. The van der Waals surface area contributed by atoms with Crippen LogP contribution in [0.3, 0.4) is 0 Å². The first-order chi connectivity index (χ1) is 8.73. The van der Waals surface area contributed by atoms with Crippen molar-refractivity contribution < 1.29 is 14.7 Å². The third-order valence-corrected chi connectivity index (χ3v) is 2.67. The third kappa shape index (κ3) is 4.05. The molecule has 1 N–H and O–H groups in total. The first-order valence-electron chi connectivity index (χ1n) is 6.19. The number of carboxylic acids is 1. The lowest BCUT2D eigenvalue weighted by atomic mass is 9.94. The van der Waals surface area contributed by atoms with Gasteiger partial charge in [0, 0.05) is 18.2 Å². The SMILES string of the molecule is Cc1cccnc1N(CCC(=O)O)C(=O)C(C)(C)C. The summed E-state index contributed by atoms with van der Waals surface area (Å²) >= 11 is 0. The van der Waals surface area contributed by atoms with E-state index in [-0.39, 0.29) is 18.9 Å². The summed E-state index contributed by atoms with van der Waals surface area (Å²) in [6.45, 7) is 7.40. The zero-order valence-corrected chi connectivity index (χ0v) is 11.8. The van der Waals surface area contributed by atoms with Crippen LogP contribution >= 0.6 is 0 Å². The fourth-order valence-electron chi connectivity index (χ4n) is 1.68. The highest BCUT2D eigenvalue weighted by Gasteiger charge is 2.29. The maximum absolute atomic E-state index is 12.4. The molecule has 1 heterocycles. The Morgan fingerprint density at radius 2 is 2.00 bits per heavy atom. The maximum atomic E-state index is 12.4. The number of hydrogen-bond donors (Lipinski definition) is 1. The number of hydrogen-bond acceptors (Lipinski definition) is 3. The van der Waals surface area contributed by atoms with Gasteiger partial charge in [0.15, 0.2) is 0 Å². The second-order valence-corrected chi connectivity index (χ2v) is 5.49. The largest absolute Gasteiger partial charge is 0.481 e. The molecule has 0 aliphatic carbocycles. The average molecular weight is 264 g/mol. The molecule has 1 rings (SSSR count). The highest BCUT2D eigenvalue weighted by molar-refractivity contribution is 5.97. The van der Waals surface area contributed by atoms with Crippen LogP contribution in [0.1, 0.15) is 32.8 Å². The molecule has 1 amide bonds. The summed E-state index contributed by atoms with van der Waals surface area (Å²) in [4.78, 5) is 28.8. The fraction of sp³-hybridized carbons (Fsp3) is 0.500. The lowest BCUT2D eigenvalue weighted by Gasteiger charge is -2.29. The molecule has 104 valence electrons. The number of anilines is 1. The van der Waals surface area contributed by atoms with Crippen molar-refractivity contribution in [3.63, 3.8) is 0 Å². The molecule has 0 aliphatic heterocycles. The van der Waals surface area contributed by atoms with Crippen molar-refractivity contribution in [1.29, 1.82) is 0 Å². The predicted molar refractivity (Wildman–Crippen MR) is 73.0 cm³/mol. The van der Waals surface area contributed by atoms with Crippen LogP contribution in [0.4, 0.5) is 5.82 Å². The van der Waals surface area contributed by atoms with Crippen LogP contribution in [-0.4, -0.2) is 28.5 Å². The summed E-state index contributed by atoms with van der Waals surface area (Å²) in [6, 6.07) is 3.64. The first-order valence-corrected chi connectivity index (χ1v) is 6.19. The monoisotopic (exact) mass is 264 g/mol. The first kappa shape index (κ1) is 15.1. The van der Waals surface area contributed by atoms with Gasteiger partial charge in [0.2, 0.25) is 5.91 Å². The molecule has 0 aliphatic rings. The van der Waals surface area contributed by atoms with Gasteiger partial charge in [0.25, 0.3) is 0 Å². The second-order valence-electron chi connectivity index (χ2n) is 5.49. The standard InChI is InChI=1S/C14H20N2O3/c1-10-6-5-8-15-12(10)16(9-7-11(17)18)13(19)14(2,3)4/h5-6,8H,7,9H2,1-4H3,(H,17,18). The number of carboxylic acid groups (broad SMARTS) is 1. The number of nitrogens with zero attached hydrogens (tertiary/aromatic N) is 2. The summed E-state index contributed by atoms with van der Waals surface area (Å²) in [6.07, 6.45) is 1.50. The molecular formula is C14H20N2O3. The molecule has 0 unspecified atom stereocenters. The third-order valence-electron chi connectivity index (χ3n) is 2.67. The number of rotatable bonds is 4. The molecule has 0 spiro atoms. The van der Waals surface area contributed by atoms with Gasteiger partial charge in [-0.05, 0) is 18.6 Å². The van der Waals surface area contributed by atoms with Crippen LogP contribution in [-0.2, 0) is 9.59 Å². The van der Waals surface area contributed by atoms with E-state index in [9.17, 15) is 9.59 Å². The van der Waals surface area contributed by atoms with Crippen molar-refractivity contribution in [3.8, 4) is 0 Å². The second kappa shape index (κ2) is 5.82. The molecular weight excluding hydrogens is 244 g/mol. The van der Waals surface area contributed by atoms with Crippen LogP contribution < -0.4 is 4.90 Å². The molecule has 1 aromatic heterocycles. The van der Waals surface area contributed by atoms with E-state index in [1.807, 2.05) is 13.0 Å². The Kier molecular flexibility index (Phi) is 4.64. The number of carbonyl (C=O) groups is 2. The molecule has 0 saturated heterocycles. The molecule has 0 saturated carbocycles. The molecule has 0 bridgehead atoms. The summed E-state index contributed by atoms with van der Waals surface area (Å²) < 4.78 is 0. The van der Waals surface area contributed by atoms with Crippen LogP contribution in [0.15, 0.2) is 18.3 Å². The Bertz CT molecular complexity index is 478. The molecule has 0 fully saturated rings. The van der Waals surface area contributed by atoms with Crippen molar-refractivity contribution in [2.45, 2.75) is 34.1 Å². The zero-order valence-electron chi connectivity index (χ0n) is 11.8. The quantitative estimate of drug-likeness (QED) is 0.905. The number of pyridine rings is 1. The van der Waals surface area contributed by atoms with Gasteiger partial charge in [-0.2, -0.15) is 0 Å².